The molecule has 0 radical (unpaired) electrons. The fourth-order valence-corrected chi connectivity index (χ4v) is 1.45. The topological polar surface area (TPSA) is 52.3 Å². The highest BCUT2D eigenvalue weighted by Crippen LogP contribution is 2.26. The van der Waals surface area contributed by atoms with Gasteiger partial charge in [-0.25, -0.2) is 0 Å². The molecule has 0 aliphatic heterocycles. The normalized spacial score (nSPS) is 9.77. The average Bonchev–Trinajstić information content (AvgIpc) is 2.08. The van der Waals surface area contributed by atoms with Crippen LogP contribution in [0.25, 0.3) is 0 Å². The Morgan fingerprint density at radius 1 is 1.54 bits per heavy atom. The Morgan fingerprint density at radius 2 is 2.15 bits per heavy atom. The van der Waals surface area contributed by atoms with Crippen LogP contribution in [-0.2, 0) is 0 Å². The van der Waals surface area contributed by atoms with E-state index in [1.165, 1.54) is 14.0 Å². The van der Waals surface area contributed by atoms with Crippen LogP contribution in [0.5, 0.6) is 5.75 Å². The summed E-state index contributed by atoms with van der Waals surface area (Å²) in [6.45, 7) is 1.49. The number of nitrogen functional groups attached to an aromatic ring is 1. The fraction of sp³-hybridized carbons (Fsp3) is 0.222. The van der Waals surface area contributed by atoms with Crippen molar-refractivity contribution >= 4 is 34.1 Å². The van der Waals surface area contributed by atoms with Crippen molar-refractivity contribution in [1.82, 2.24) is 0 Å². The molecule has 13 heavy (non-hydrogen) atoms. The Hall–Kier alpha value is -0.780. The summed E-state index contributed by atoms with van der Waals surface area (Å²) >= 11 is 2.10. The fourth-order valence-electron chi connectivity index (χ4n) is 1.02. The molecule has 0 saturated heterocycles. The van der Waals surface area contributed by atoms with Gasteiger partial charge in [-0.2, -0.15) is 0 Å². The molecule has 0 amide bonds. The van der Waals surface area contributed by atoms with Crippen molar-refractivity contribution in [3.63, 3.8) is 0 Å². The number of carbonyl (C=O) groups is 1. The van der Waals surface area contributed by atoms with Gasteiger partial charge in [0.25, 0.3) is 0 Å². The standard InChI is InChI=1S/C9H10INO2/c1-5(12)6-3-8(11)7(10)4-9(6)13-2/h3-4H,11H2,1-2H3. The van der Waals surface area contributed by atoms with E-state index >= 15 is 0 Å². The van der Waals surface area contributed by atoms with Gasteiger partial charge in [0.05, 0.1) is 12.7 Å². The predicted molar refractivity (Wildman–Crippen MR) is 60.1 cm³/mol. The monoisotopic (exact) mass is 291 g/mol. The second-order valence-corrected chi connectivity index (χ2v) is 3.79. The number of rotatable bonds is 2. The molecule has 3 nitrogen and oxygen atoms in total. The second-order valence-electron chi connectivity index (χ2n) is 2.63. The number of hydrogen-bond donors (Lipinski definition) is 1. The van der Waals surface area contributed by atoms with E-state index in [0.717, 1.165) is 3.57 Å². The largest absolute Gasteiger partial charge is 0.496 e. The minimum absolute atomic E-state index is 0.0417. The zero-order chi connectivity index (χ0) is 10.0. The molecule has 4 heteroatoms. The summed E-state index contributed by atoms with van der Waals surface area (Å²) in [5.41, 5.74) is 6.80. The van der Waals surface area contributed by atoms with Gasteiger partial charge in [-0.15, -0.1) is 0 Å². The number of ketones is 1. The number of carbonyl (C=O) groups excluding carboxylic acids is 1. The van der Waals surface area contributed by atoms with Gasteiger partial charge in [0.15, 0.2) is 5.78 Å². The Kier molecular flexibility index (Phi) is 3.13. The van der Waals surface area contributed by atoms with Gasteiger partial charge in [0, 0.05) is 9.26 Å². The molecular formula is C9H10INO2. The molecule has 0 aliphatic rings. The molecular weight excluding hydrogens is 281 g/mol. The van der Waals surface area contributed by atoms with Gasteiger partial charge in [0.1, 0.15) is 5.75 Å². The van der Waals surface area contributed by atoms with Gasteiger partial charge in [0.2, 0.25) is 0 Å². The minimum Gasteiger partial charge on any atom is -0.496 e. The molecule has 0 heterocycles. The third-order valence-electron chi connectivity index (χ3n) is 1.70. The molecule has 0 bridgehead atoms. The summed E-state index contributed by atoms with van der Waals surface area (Å²) in [4.78, 5) is 11.2. The number of nitrogens with two attached hydrogens (primary N) is 1. The summed E-state index contributed by atoms with van der Waals surface area (Å²) in [6.07, 6.45) is 0. The van der Waals surface area contributed by atoms with Gasteiger partial charge < -0.3 is 10.5 Å². The molecule has 0 aliphatic carbocycles. The molecule has 1 aromatic rings. The summed E-state index contributed by atoms with van der Waals surface area (Å²) in [5, 5.41) is 0. The first-order valence-electron chi connectivity index (χ1n) is 3.70. The van der Waals surface area contributed by atoms with E-state index in [4.69, 9.17) is 10.5 Å². The van der Waals surface area contributed by atoms with Crippen LogP contribution in [0.1, 0.15) is 17.3 Å². The molecule has 0 aromatic heterocycles. The van der Waals surface area contributed by atoms with E-state index in [1.54, 1.807) is 12.1 Å². The zero-order valence-corrected chi connectivity index (χ0v) is 9.58. The van der Waals surface area contributed by atoms with Crippen molar-refractivity contribution in [2.24, 2.45) is 0 Å². The predicted octanol–water partition coefficient (Wildman–Crippen LogP) is 2.08. The Balaban J connectivity index is 3.33. The summed E-state index contributed by atoms with van der Waals surface area (Å²) < 4.78 is 5.95. The Labute approximate surface area is 90.4 Å². The molecule has 2 N–H and O–H groups in total. The number of anilines is 1. The molecule has 1 aromatic carbocycles. The van der Waals surface area contributed by atoms with Crippen LogP contribution in [0.3, 0.4) is 0 Å². The quantitative estimate of drug-likeness (QED) is 0.515. The van der Waals surface area contributed by atoms with Crippen LogP contribution in [0.2, 0.25) is 0 Å². The highest BCUT2D eigenvalue weighted by Gasteiger charge is 2.10. The molecule has 70 valence electrons. The molecule has 0 unspecified atom stereocenters. The lowest BCUT2D eigenvalue weighted by atomic mass is 10.1. The first-order valence-corrected chi connectivity index (χ1v) is 4.78. The van der Waals surface area contributed by atoms with Crippen LogP contribution in [0, 0.1) is 3.57 Å². The number of Topliss-reactive ketones (excluding diaryl/α,β-unsaturated/α-hetero) is 1. The van der Waals surface area contributed by atoms with Crippen LogP contribution in [0.4, 0.5) is 5.69 Å². The Bertz CT molecular complexity index is 350. The van der Waals surface area contributed by atoms with Crippen molar-refractivity contribution < 1.29 is 9.53 Å². The highest BCUT2D eigenvalue weighted by atomic mass is 127. The molecule has 1 rings (SSSR count). The van der Waals surface area contributed by atoms with E-state index in [-0.39, 0.29) is 5.78 Å². The Morgan fingerprint density at radius 3 is 2.62 bits per heavy atom. The molecule has 0 fully saturated rings. The smallest absolute Gasteiger partial charge is 0.163 e. The maximum absolute atomic E-state index is 11.2. The van der Waals surface area contributed by atoms with Gasteiger partial charge in [-0.05, 0) is 41.6 Å². The van der Waals surface area contributed by atoms with Crippen LogP contribution in [0.15, 0.2) is 12.1 Å². The maximum atomic E-state index is 11.2. The lowest BCUT2D eigenvalue weighted by Gasteiger charge is -2.07. The van der Waals surface area contributed by atoms with E-state index < -0.39 is 0 Å². The first kappa shape index (κ1) is 10.3. The summed E-state index contributed by atoms with van der Waals surface area (Å²) in [5.74, 6) is 0.533. The molecule has 0 saturated carbocycles. The maximum Gasteiger partial charge on any atom is 0.163 e. The lowest BCUT2D eigenvalue weighted by Crippen LogP contribution is -2.00. The van der Waals surface area contributed by atoms with E-state index in [0.29, 0.717) is 17.0 Å². The highest BCUT2D eigenvalue weighted by molar-refractivity contribution is 14.1. The lowest BCUT2D eigenvalue weighted by molar-refractivity contribution is 0.101. The zero-order valence-electron chi connectivity index (χ0n) is 7.43. The van der Waals surface area contributed by atoms with Gasteiger partial charge >= 0.3 is 0 Å². The third-order valence-corrected chi connectivity index (χ3v) is 2.63. The van der Waals surface area contributed by atoms with Crippen LogP contribution < -0.4 is 10.5 Å². The number of benzene rings is 1. The average molecular weight is 291 g/mol. The molecule has 0 spiro atoms. The van der Waals surface area contributed by atoms with E-state index in [2.05, 4.69) is 22.6 Å². The van der Waals surface area contributed by atoms with Crippen molar-refractivity contribution in [2.45, 2.75) is 6.92 Å². The van der Waals surface area contributed by atoms with Gasteiger partial charge in [-0.1, -0.05) is 0 Å². The van der Waals surface area contributed by atoms with Gasteiger partial charge in [-0.3, -0.25) is 4.79 Å². The molecule has 0 atom stereocenters. The second kappa shape index (κ2) is 3.95. The minimum atomic E-state index is -0.0417. The number of methoxy groups -OCH3 is 1. The SMILES string of the molecule is COc1cc(I)c(N)cc1C(C)=O. The van der Waals surface area contributed by atoms with Crippen molar-refractivity contribution in [3.05, 3.63) is 21.3 Å². The summed E-state index contributed by atoms with van der Waals surface area (Å²) in [6, 6.07) is 3.40. The van der Waals surface area contributed by atoms with Crippen LogP contribution in [-0.4, -0.2) is 12.9 Å². The van der Waals surface area contributed by atoms with Crippen LogP contribution >= 0.6 is 22.6 Å². The number of hydrogen-bond acceptors (Lipinski definition) is 3. The summed E-state index contributed by atoms with van der Waals surface area (Å²) in [7, 11) is 1.54. The third kappa shape index (κ3) is 2.12. The number of halogens is 1. The number of ether oxygens (including phenoxy) is 1. The van der Waals surface area contributed by atoms with Crippen molar-refractivity contribution in [2.75, 3.05) is 12.8 Å². The first-order chi connectivity index (χ1) is 6.06. The van der Waals surface area contributed by atoms with E-state index in [9.17, 15) is 4.79 Å². The van der Waals surface area contributed by atoms with E-state index in [1.807, 2.05) is 0 Å². The van der Waals surface area contributed by atoms with Crippen molar-refractivity contribution in [3.8, 4) is 5.75 Å². The van der Waals surface area contributed by atoms with Crippen molar-refractivity contribution in [1.29, 1.82) is 0 Å².